The molecule has 2 N–H and O–H groups in total. The zero-order valence-corrected chi connectivity index (χ0v) is 17.2. The van der Waals surface area contributed by atoms with Gasteiger partial charge in [-0.15, -0.1) is 0 Å². The number of hydrogen-bond donors (Lipinski definition) is 2. The van der Waals surface area contributed by atoms with Crippen molar-refractivity contribution >= 4 is 27.7 Å². The van der Waals surface area contributed by atoms with E-state index in [9.17, 15) is 9.59 Å². The molecule has 6 heteroatoms. The van der Waals surface area contributed by atoms with Gasteiger partial charge in [0.1, 0.15) is 5.75 Å². The normalized spacial score (nSPS) is 11.5. The van der Waals surface area contributed by atoms with Gasteiger partial charge in [-0.3, -0.25) is 20.4 Å². The molecule has 0 saturated heterocycles. The van der Waals surface area contributed by atoms with Crippen LogP contribution in [0.2, 0.25) is 0 Å². The van der Waals surface area contributed by atoms with Crippen LogP contribution >= 0.6 is 15.9 Å². The van der Waals surface area contributed by atoms with E-state index in [2.05, 4.69) is 40.6 Å². The van der Waals surface area contributed by atoms with Crippen LogP contribution in [0.5, 0.6) is 5.75 Å². The number of nitrogens with one attached hydrogen (secondary N) is 2. The number of aryl methyl sites for hydroxylation is 1. The quantitative estimate of drug-likeness (QED) is 0.616. The third-order valence-electron chi connectivity index (χ3n) is 4.32. The number of amides is 2. The summed E-state index contributed by atoms with van der Waals surface area (Å²) in [6.45, 7) is 4.12. The van der Waals surface area contributed by atoms with Gasteiger partial charge in [0.2, 0.25) is 5.91 Å². The summed E-state index contributed by atoms with van der Waals surface area (Å²) in [6.07, 6.45) is 1.97. The molecule has 0 spiro atoms. The molecule has 0 bridgehead atoms. The van der Waals surface area contributed by atoms with Crippen LogP contribution in [-0.2, 0) is 16.0 Å². The van der Waals surface area contributed by atoms with Gasteiger partial charge in [-0.25, -0.2) is 0 Å². The number of ether oxygens (including phenoxy) is 1. The van der Waals surface area contributed by atoms with Crippen molar-refractivity contribution in [2.75, 3.05) is 6.61 Å². The minimum atomic E-state index is -0.416. The van der Waals surface area contributed by atoms with E-state index in [1.807, 2.05) is 48.5 Å². The summed E-state index contributed by atoms with van der Waals surface area (Å²) in [5.41, 5.74) is 7.06. The van der Waals surface area contributed by atoms with Gasteiger partial charge in [0, 0.05) is 6.42 Å². The van der Waals surface area contributed by atoms with E-state index in [-0.39, 0.29) is 12.5 Å². The van der Waals surface area contributed by atoms with Crippen LogP contribution in [0.25, 0.3) is 0 Å². The fourth-order valence-electron chi connectivity index (χ4n) is 2.46. The first-order valence-electron chi connectivity index (χ1n) is 9.03. The Labute approximate surface area is 168 Å². The van der Waals surface area contributed by atoms with Crippen molar-refractivity contribution in [1.82, 2.24) is 10.9 Å². The highest BCUT2D eigenvalue weighted by Gasteiger charge is 2.10. The first kappa shape index (κ1) is 21.0. The number of hydrazine groups is 1. The molecular formula is C21H25BrN2O3. The SMILES string of the molecule is CCC(C)c1ccc(OCC(=O)NNC(=O)CCc2ccccc2)c(Br)c1. The predicted octanol–water partition coefficient (Wildman–Crippen LogP) is 4.12. The highest BCUT2D eigenvalue weighted by Crippen LogP contribution is 2.29. The zero-order chi connectivity index (χ0) is 19.6. The second-order valence-corrected chi connectivity index (χ2v) is 7.22. The lowest BCUT2D eigenvalue weighted by atomic mass is 9.99. The van der Waals surface area contributed by atoms with Gasteiger partial charge < -0.3 is 4.74 Å². The van der Waals surface area contributed by atoms with Crippen LogP contribution in [0.1, 0.15) is 43.7 Å². The van der Waals surface area contributed by atoms with Crippen molar-refractivity contribution in [3.8, 4) is 5.75 Å². The van der Waals surface area contributed by atoms with E-state index in [0.717, 1.165) is 16.5 Å². The molecule has 0 aromatic heterocycles. The lowest BCUT2D eigenvalue weighted by molar-refractivity contribution is -0.130. The molecule has 5 nitrogen and oxygen atoms in total. The van der Waals surface area contributed by atoms with Crippen molar-refractivity contribution in [1.29, 1.82) is 0 Å². The lowest BCUT2D eigenvalue weighted by Crippen LogP contribution is -2.43. The fourth-order valence-corrected chi connectivity index (χ4v) is 2.97. The van der Waals surface area contributed by atoms with Gasteiger partial charge in [0.15, 0.2) is 6.61 Å². The summed E-state index contributed by atoms with van der Waals surface area (Å²) in [5, 5.41) is 0. The van der Waals surface area contributed by atoms with E-state index in [0.29, 0.717) is 24.5 Å². The molecule has 2 amide bonds. The molecule has 0 heterocycles. The minimum absolute atomic E-state index is 0.180. The summed E-state index contributed by atoms with van der Waals surface area (Å²) >= 11 is 3.47. The Hall–Kier alpha value is -2.34. The maximum atomic E-state index is 11.9. The third-order valence-corrected chi connectivity index (χ3v) is 4.94. The molecule has 1 atom stereocenters. The van der Waals surface area contributed by atoms with Crippen molar-refractivity contribution in [3.05, 3.63) is 64.1 Å². The molecule has 0 aliphatic rings. The van der Waals surface area contributed by atoms with Crippen LogP contribution in [0.15, 0.2) is 53.0 Å². The number of hydrogen-bond acceptors (Lipinski definition) is 3. The smallest absolute Gasteiger partial charge is 0.276 e. The van der Waals surface area contributed by atoms with Gasteiger partial charge >= 0.3 is 0 Å². The predicted molar refractivity (Wildman–Crippen MR) is 109 cm³/mol. The largest absolute Gasteiger partial charge is 0.483 e. The number of rotatable bonds is 8. The summed E-state index contributed by atoms with van der Waals surface area (Å²) in [4.78, 5) is 23.7. The Morgan fingerprint density at radius 1 is 1.07 bits per heavy atom. The Morgan fingerprint density at radius 2 is 1.78 bits per heavy atom. The zero-order valence-electron chi connectivity index (χ0n) is 15.6. The second kappa shape index (κ2) is 10.7. The van der Waals surface area contributed by atoms with E-state index < -0.39 is 5.91 Å². The Kier molecular flexibility index (Phi) is 8.33. The number of halogens is 1. The molecule has 0 aliphatic carbocycles. The summed E-state index contributed by atoms with van der Waals surface area (Å²) in [6, 6.07) is 15.6. The molecule has 27 heavy (non-hydrogen) atoms. The van der Waals surface area contributed by atoms with Crippen molar-refractivity contribution in [2.45, 2.75) is 39.0 Å². The van der Waals surface area contributed by atoms with Crippen molar-refractivity contribution < 1.29 is 14.3 Å². The van der Waals surface area contributed by atoms with E-state index in [4.69, 9.17) is 4.74 Å². The minimum Gasteiger partial charge on any atom is -0.483 e. The van der Waals surface area contributed by atoms with Gasteiger partial charge in [-0.05, 0) is 57.9 Å². The van der Waals surface area contributed by atoms with Crippen molar-refractivity contribution in [2.24, 2.45) is 0 Å². The molecule has 144 valence electrons. The average molecular weight is 433 g/mol. The summed E-state index contributed by atoms with van der Waals surface area (Å²) < 4.78 is 6.32. The van der Waals surface area contributed by atoms with Crippen molar-refractivity contribution in [3.63, 3.8) is 0 Å². The number of carbonyl (C=O) groups excluding carboxylic acids is 2. The van der Waals surface area contributed by atoms with E-state index >= 15 is 0 Å². The molecule has 2 aromatic carbocycles. The molecule has 2 rings (SSSR count). The molecule has 0 radical (unpaired) electrons. The summed E-state index contributed by atoms with van der Waals surface area (Å²) in [5.74, 6) is 0.393. The first-order valence-corrected chi connectivity index (χ1v) is 9.82. The molecule has 2 aromatic rings. The van der Waals surface area contributed by atoms with Crippen LogP contribution in [0.4, 0.5) is 0 Å². The van der Waals surface area contributed by atoms with Crippen LogP contribution in [-0.4, -0.2) is 18.4 Å². The Bertz CT molecular complexity index is 765. The third kappa shape index (κ3) is 7.06. The molecule has 0 aliphatic heterocycles. The Balaban J connectivity index is 1.72. The van der Waals surface area contributed by atoms with Gasteiger partial charge in [-0.2, -0.15) is 0 Å². The molecular weight excluding hydrogens is 408 g/mol. The Morgan fingerprint density at radius 3 is 2.44 bits per heavy atom. The van der Waals surface area contributed by atoms with Crippen LogP contribution < -0.4 is 15.6 Å². The number of benzene rings is 2. The van der Waals surface area contributed by atoms with Gasteiger partial charge in [0.25, 0.3) is 5.91 Å². The number of carbonyl (C=O) groups is 2. The van der Waals surface area contributed by atoms with E-state index in [1.165, 1.54) is 5.56 Å². The fraction of sp³-hybridized carbons (Fsp3) is 0.333. The van der Waals surface area contributed by atoms with Gasteiger partial charge in [-0.1, -0.05) is 50.2 Å². The molecule has 1 unspecified atom stereocenters. The maximum Gasteiger partial charge on any atom is 0.276 e. The lowest BCUT2D eigenvalue weighted by Gasteiger charge is -2.13. The monoisotopic (exact) mass is 432 g/mol. The topological polar surface area (TPSA) is 67.4 Å². The average Bonchev–Trinajstić information content (AvgIpc) is 2.69. The standard InChI is InChI=1S/C21H25BrN2O3/c1-3-15(2)17-10-11-19(18(22)13-17)27-14-21(26)24-23-20(25)12-9-16-7-5-4-6-8-16/h4-8,10-11,13,15H,3,9,12,14H2,1-2H3,(H,23,25)(H,24,26). The highest BCUT2D eigenvalue weighted by molar-refractivity contribution is 9.10. The maximum absolute atomic E-state index is 11.9. The molecule has 0 saturated carbocycles. The molecule has 0 fully saturated rings. The first-order chi connectivity index (χ1) is 13.0. The highest BCUT2D eigenvalue weighted by atomic mass is 79.9. The van der Waals surface area contributed by atoms with Crippen LogP contribution in [0, 0.1) is 0 Å². The second-order valence-electron chi connectivity index (χ2n) is 6.37. The van der Waals surface area contributed by atoms with Crippen LogP contribution in [0.3, 0.4) is 0 Å². The van der Waals surface area contributed by atoms with E-state index in [1.54, 1.807) is 0 Å². The summed E-state index contributed by atoms with van der Waals surface area (Å²) in [7, 11) is 0. The van der Waals surface area contributed by atoms with Gasteiger partial charge in [0.05, 0.1) is 4.47 Å².